The van der Waals surface area contributed by atoms with Crippen molar-refractivity contribution in [1.82, 2.24) is 0 Å². The van der Waals surface area contributed by atoms with Gasteiger partial charge in [0.15, 0.2) is 0 Å². The molecule has 1 radical (unpaired) electrons. The normalized spacial score (nSPS) is 7.53. The Bertz CT molecular complexity index is 414. The molecule has 7 heteroatoms. The summed E-state index contributed by atoms with van der Waals surface area (Å²) < 4.78 is 1.16. The molecule has 0 bridgehead atoms. The summed E-state index contributed by atoms with van der Waals surface area (Å²) in [6, 6.07) is 0. The first-order valence-electron chi connectivity index (χ1n) is 4.65. The van der Waals surface area contributed by atoms with Crippen LogP contribution in [-0.2, 0) is 42.3 Å². The molecule has 105 valence electrons. The average molecular weight is 360 g/mol. The van der Waals surface area contributed by atoms with Crippen molar-refractivity contribution in [2.45, 2.75) is 27.7 Å². The van der Waals surface area contributed by atoms with E-state index in [2.05, 4.69) is 0 Å². The average Bonchev–Trinajstić information content (AvgIpc) is 2.21. The van der Waals surface area contributed by atoms with Crippen LogP contribution in [0.1, 0.15) is 27.7 Å². The van der Waals surface area contributed by atoms with Gasteiger partial charge in [0.1, 0.15) is 0 Å². The molecule has 0 rings (SSSR count). The Kier molecular flexibility index (Phi) is 20.0. The van der Waals surface area contributed by atoms with E-state index in [1.807, 2.05) is 49.2 Å². The van der Waals surface area contributed by atoms with Crippen LogP contribution in [0.15, 0.2) is 0 Å². The molecule has 2 nitrogen and oxygen atoms in total. The molecule has 0 saturated carbocycles. The van der Waals surface area contributed by atoms with Gasteiger partial charge < -0.3 is 36.7 Å². The van der Waals surface area contributed by atoms with Crippen LogP contribution in [0.25, 0.3) is 0 Å². The van der Waals surface area contributed by atoms with Crippen LogP contribution >= 0.6 is 19.3 Å². The molecular formula is C10H20CuN2S4. The van der Waals surface area contributed by atoms with Gasteiger partial charge in [-0.1, -0.05) is 0 Å². The van der Waals surface area contributed by atoms with E-state index in [1.54, 1.807) is 0 Å². The summed E-state index contributed by atoms with van der Waals surface area (Å²) in [7, 11) is -0.0617. The van der Waals surface area contributed by atoms with Gasteiger partial charge in [0.2, 0.25) is 0 Å². The van der Waals surface area contributed by atoms with Crippen LogP contribution < -0.4 is 11.5 Å². The first kappa shape index (κ1) is 22.9. The first-order chi connectivity index (χ1) is 7.44. The predicted octanol–water partition coefficient (Wildman–Crippen LogP) is 0.983. The van der Waals surface area contributed by atoms with Crippen molar-refractivity contribution in [2.24, 2.45) is 11.5 Å². The zero-order chi connectivity index (χ0) is 13.1. The molecule has 0 spiro atoms. The second kappa shape index (κ2) is 14.9. The Balaban J connectivity index is -0.000000218. The Morgan fingerprint density at radius 1 is 0.765 bits per heavy atom. The third-order valence-electron chi connectivity index (χ3n) is 1.48. The van der Waals surface area contributed by atoms with E-state index in [1.165, 1.54) is 0 Å². The van der Waals surface area contributed by atoms with Gasteiger partial charge in [0, 0.05) is 0 Å². The van der Waals surface area contributed by atoms with Crippen molar-refractivity contribution >= 4 is 74.7 Å². The first-order valence-corrected chi connectivity index (χ1v) is 8.16. The summed E-state index contributed by atoms with van der Waals surface area (Å²) in [5.41, 5.74) is 10.7. The monoisotopic (exact) mass is 359 g/mol. The summed E-state index contributed by atoms with van der Waals surface area (Å²) in [5, 5.41) is 8.01. The van der Waals surface area contributed by atoms with Crippen LogP contribution in [-0.4, -0.2) is 30.1 Å². The summed E-state index contributed by atoms with van der Waals surface area (Å²) >= 11 is 9.49. The Hall–Kier alpha value is 0.799. The molecule has 0 aliphatic rings. The molecule has 0 atom stereocenters. The zero-order valence-electron chi connectivity index (χ0n) is 10.4. The number of nitrogens with two attached hydrogens (primary N) is 2. The van der Waals surface area contributed by atoms with Gasteiger partial charge in [0.05, 0.1) is 0 Å². The number of rotatable bonds is 0. The fourth-order valence-corrected chi connectivity index (χ4v) is 3.37. The summed E-state index contributed by atoms with van der Waals surface area (Å²) in [4.78, 5) is 0. The van der Waals surface area contributed by atoms with Crippen LogP contribution in [0.4, 0.5) is 0 Å². The molecule has 0 fully saturated rings. The SMILES string of the molecule is CC=S(=CC)=C(N)[S-].CC=S(=CC)=C(N)[S-].[Cu+2]. The maximum Gasteiger partial charge on any atom is 2.00 e. The summed E-state index contributed by atoms with van der Waals surface area (Å²) in [6.45, 7) is 7.84. The topological polar surface area (TPSA) is 52.0 Å². The van der Waals surface area contributed by atoms with Gasteiger partial charge in [-0.2, -0.15) is 0 Å². The molecule has 0 aromatic carbocycles. The van der Waals surface area contributed by atoms with Gasteiger partial charge in [-0.25, -0.2) is 19.3 Å². The molecule has 0 aromatic rings. The standard InChI is InChI=1S/2C5H11NS2.Cu/c2*1-3-8(4-2)5(6)7;/h2*3-4,7H,6H2,1-2H3;/q;;+2/p-2. The van der Waals surface area contributed by atoms with Crippen molar-refractivity contribution in [1.29, 1.82) is 0 Å². The van der Waals surface area contributed by atoms with Gasteiger partial charge in [-0.3, -0.25) is 0 Å². The molecule has 0 saturated heterocycles. The molecular weight excluding hydrogens is 340 g/mol. The van der Waals surface area contributed by atoms with E-state index >= 15 is 0 Å². The molecule has 17 heavy (non-hydrogen) atoms. The Morgan fingerprint density at radius 3 is 0.941 bits per heavy atom. The molecule has 0 aliphatic carbocycles. The van der Waals surface area contributed by atoms with Crippen LogP contribution in [0.3, 0.4) is 0 Å². The predicted molar refractivity (Wildman–Crippen MR) is 95.3 cm³/mol. The van der Waals surface area contributed by atoms with Crippen molar-refractivity contribution in [3.8, 4) is 0 Å². The third-order valence-corrected chi connectivity index (χ3v) is 5.60. The summed E-state index contributed by atoms with van der Waals surface area (Å²) in [6.07, 6.45) is 0. The largest absolute Gasteiger partial charge is 2.00 e. The van der Waals surface area contributed by atoms with E-state index < -0.39 is 0 Å². The van der Waals surface area contributed by atoms with Crippen molar-refractivity contribution < 1.29 is 17.1 Å². The quantitative estimate of drug-likeness (QED) is 0.384. The maximum atomic E-state index is 5.34. The molecule has 0 heterocycles. The molecule has 0 unspecified atom stereocenters. The van der Waals surface area contributed by atoms with Gasteiger partial charge in [0.25, 0.3) is 0 Å². The van der Waals surface area contributed by atoms with Gasteiger partial charge in [-0.15, -0.1) is 8.64 Å². The number of hydrogen-bond donors (Lipinski definition) is 2. The molecule has 0 aromatic heterocycles. The third kappa shape index (κ3) is 13.0. The van der Waals surface area contributed by atoms with Crippen molar-refractivity contribution in [2.75, 3.05) is 0 Å². The Labute approximate surface area is 130 Å². The van der Waals surface area contributed by atoms with E-state index in [0.29, 0.717) is 8.64 Å². The minimum atomic E-state index is -0.0309. The zero-order valence-corrected chi connectivity index (χ0v) is 14.6. The summed E-state index contributed by atoms with van der Waals surface area (Å²) in [5.74, 6) is 0. The van der Waals surface area contributed by atoms with E-state index in [4.69, 9.17) is 36.7 Å². The van der Waals surface area contributed by atoms with Gasteiger partial charge >= 0.3 is 17.1 Å². The minimum absolute atomic E-state index is 0. The van der Waals surface area contributed by atoms with E-state index in [-0.39, 0.29) is 36.4 Å². The minimum Gasteiger partial charge on any atom is -0.735 e. The molecule has 4 N–H and O–H groups in total. The van der Waals surface area contributed by atoms with E-state index in [0.717, 1.165) is 0 Å². The fourth-order valence-electron chi connectivity index (χ4n) is 0.737. The Morgan fingerprint density at radius 2 is 0.941 bits per heavy atom. The molecule has 0 aliphatic heterocycles. The van der Waals surface area contributed by atoms with Crippen LogP contribution in [0, 0.1) is 0 Å². The number of hydrogen-bond acceptors (Lipinski definition) is 2. The van der Waals surface area contributed by atoms with Gasteiger partial charge in [-0.05, 0) is 49.2 Å². The smallest absolute Gasteiger partial charge is 0.735 e. The van der Waals surface area contributed by atoms with Crippen molar-refractivity contribution in [3.05, 3.63) is 0 Å². The maximum absolute atomic E-state index is 5.34. The second-order valence-corrected chi connectivity index (χ2v) is 7.97. The van der Waals surface area contributed by atoms with Crippen LogP contribution in [0.5, 0.6) is 0 Å². The molecule has 0 amide bonds. The second-order valence-electron chi connectivity index (χ2n) is 2.32. The fraction of sp³-hybridized carbons (Fsp3) is 0.400. The van der Waals surface area contributed by atoms with Crippen LogP contribution in [0.2, 0.25) is 0 Å². The van der Waals surface area contributed by atoms with E-state index in [9.17, 15) is 0 Å². The van der Waals surface area contributed by atoms with Crippen molar-refractivity contribution in [3.63, 3.8) is 0 Å².